The van der Waals surface area contributed by atoms with Crippen LogP contribution in [0, 0.1) is 23.0 Å². The van der Waals surface area contributed by atoms with E-state index >= 15 is 0 Å². The van der Waals surface area contributed by atoms with E-state index in [0.717, 1.165) is 160 Å². The van der Waals surface area contributed by atoms with Crippen LogP contribution in [0.3, 0.4) is 0 Å². The highest BCUT2D eigenvalue weighted by molar-refractivity contribution is 6.30. The molecule has 0 bridgehead atoms. The molecule has 6 heterocycles. The molecule has 0 radical (unpaired) electrons. The fourth-order valence-electron chi connectivity index (χ4n) is 12.1. The van der Waals surface area contributed by atoms with Gasteiger partial charge in [-0.15, -0.1) is 0 Å². The third kappa shape index (κ3) is 24.5. The maximum atomic E-state index is 13.8. The summed E-state index contributed by atoms with van der Waals surface area (Å²) >= 11 is 5.91. The van der Waals surface area contributed by atoms with Crippen LogP contribution in [0.5, 0.6) is 0 Å². The summed E-state index contributed by atoms with van der Waals surface area (Å²) in [6, 6.07) is 39.0. The smallest absolute Gasteiger partial charge is 0.135 e. The van der Waals surface area contributed by atoms with Gasteiger partial charge in [0.15, 0.2) is 0 Å². The Morgan fingerprint density at radius 3 is 1.27 bits per heavy atom. The number of aromatic amines is 5. The molecule has 5 aromatic heterocycles. The van der Waals surface area contributed by atoms with Crippen molar-refractivity contribution in [2.75, 3.05) is 81.2 Å². The fourth-order valence-corrected chi connectivity index (χ4v) is 12.3. The van der Waals surface area contributed by atoms with E-state index in [9.17, 15) is 8.78 Å². The Morgan fingerprint density at radius 2 is 0.859 bits per heavy atom. The van der Waals surface area contributed by atoms with Gasteiger partial charge < -0.3 is 29.2 Å². The zero-order valence-corrected chi connectivity index (χ0v) is 61.2. The first-order valence-electron chi connectivity index (χ1n) is 35.0. The molecule has 5 N–H and O–H groups in total. The highest BCUT2D eigenvalue weighted by Gasteiger charge is 2.19. The standard InChI is InChI=1S/C19H27N3O.C17H25N3.C15H18N4.C14H18ClN3.C14H17F2N3/c1-3-10-22(2)14-18-13-20-21-19(18)17-6-4-15(5-7-17)16-8-11-23-12-9-16;1-5-10-20(4)12-17-16(11-18-19-17)15-8-6-14(7-9-15)13(2)3;1-3-8-19(2)11-15-14(10-17-18-15)13-6-4-12(9-16)5-7-13;1-3-8-18(2)10-14-13(9-16-17-14)11-4-6-12(15)7-5-11;1-3-6-19(2)9-10-8-17-18-14(10)12-5-4-11(15)7-13(12)16/h4-7,13,16H,3,8-12,14H2,1-2H3,(H,20,21);6-9,11,13H,5,10,12H2,1-4H3,(H,18,19);4-7,10H,3,8,11H2,1-2H3,(H,17,18);4-7,9H,3,8,10H2,1-2H3,(H,16,17);4-5,7-8H,3,6,9H2,1-2H3,(H,17,18). The molecular formula is C79H105ClF2N16O. The first kappa shape index (κ1) is 77.9. The Morgan fingerprint density at radius 1 is 0.475 bits per heavy atom. The monoisotopic (exact) mass is 1370 g/mol. The van der Waals surface area contributed by atoms with Crippen molar-refractivity contribution in [1.82, 2.24) is 75.5 Å². The minimum Gasteiger partial charge on any atom is -0.381 e. The lowest BCUT2D eigenvalue weighted by Gasteiger charge is -2.22. The predicted octanol–water partition coefficient (Wildman–Crippen LogP) is 17.4. The molecule has 0 spiro atoms. The van der Waals surface area contributed by atoms with Crippen LogP contribution in [-0.2, 0) is 37.5 Å². The Labute approximate surface area is 591 Å². The van der Waals surface area contributed by atoms with Gasteiger partial charge in [-0.05, 0) is 195 Å². The Kier molecular flexibility index (Phi) is 32.4. The molecule has 528 valence electrons. The van der Waals surface area contributed by atoms with Crippen molar-refractivity contribution in [3.63, 3.8) is 0 Å². The molecule has 1 fully saturated rings. The topological polar surface area (TPSA) is 193 Å². The fraction of sp³-hybridized carbons (Fsp3) is 0.418. The highest BCUT2D eigenvalue weighted by Crippen LogP contribution is 2.32. The van der Waals surface area contributed by atoms with Crippen molar-refractivity contribution >= 4 is 11.6 Å². The molecule has 0 unspecified atom stereocenters. The van der Waals surface area contributed by atoms with Gasteiger partial charge in [-0.2, -0.15) is 30.8 Å². The van der Waals surface area contributed by atoms with Crippen molar-refractivity contribution < 1.29 is 13.5 Å². The van der Waals surface area contributed by atoms with Crippen LogP contribution in [-0.4, -0.2) is 157 Å². The van der Waals surface area contributed by atoms with Gasteiger partial charge in [0, 0.05) is 90.4 Å². The zero-order chi connectivity index (χ0) is 71.1. The minimum atomic E-state index is -0.580. The maximum absolute atomic E-state index is 13.8. The summed E-state index contributed by atoms with van der Waals surface area (Å²) in [7, 11) is 10.5. The van der Waals surface area contributed by atoms with Crippen LogP contribution in [0.1, 0.15) is 150 Å². The lowest BCUT2D eigenvalue weighted by Crippen LogP contribution is -2.19. The molecule has 0 saturated carbocycles. The Bertz CT molecular complexity index is 3920. The lowest BCUT2D eigenvalue weighted by atomic mass is 9.91. The number of nitrogens with zero attached hydrogens (tertiary/aromatic N) is 11. The normalized spacial score (nSPS) is 12.3. The summed E-state index contributed by atoms with van der Waals surface area (Å²) in [6.45, 7) is 26.6. The Hall–Kier alpha value is -8.45. The number of benzene rings is 5. The second-order valence-electron chi connectivity index (χ2n) is 26.1. The van der Waals surface area contributed by atoms with Crippen LogP contribution < -0.4 is 0 Å². The summed E-state index contributed by atoms with van der Waals surface area (Å²) in [5.74, 6) is 0.0624. The SMILES string of the molecule is CCCN(C)Cc1[nH]ncc1-c1ccc(C#N)cc1.CCCN(C)Cc1[nH]ncc1-c1ccc(C(C)C)cc1.CCCN(C)Cc1[nH]ncc1-c1ccc(Cl)cc1.CCCN(C)Cc1cn[nH]c1-c1ccc(C2CCOCC2)cc1.CCCN(C)Cc1cn[nH]c1-c1ccc(F)cc1F. The molecule has 20 heteroatoms. The van der Waals surface area contributed by atoms with E-state index in [1.165, 1.54) is 64.0 Å². The molecule has 1 aliphatic heterocycles. The molecule has 10 aromatic rings. The van der Waals surface area contributed by atoms with Gasteiger partial charge in [0.1, 0.15) is 11.6 Å². The van der Waals surface area contributed by atoms with E-state index in [1.54, 1.807) is 6.20 Å². The van der Waals surface area contributed by atoms with Crippen LogP contribution in [0.25, 0.3) is 55.9 Å². The molecule has 5 aromatic carbocycles. The van der Waals surface area contributed by atoms with Crippen molar-refractivity contribution in [3.05, 3.63) is 208 Å². The van der Waals surface area contributed by atoms with Gasteiger partial charge in [-0.25, -0.2) is 8.78 Å². The summed E-state index contributed by atoms with van der Waals surface area (Å²) in [5, 5.41) is 45.5. The molecule has 11 rings (SSSR count). The maximum Gasteiger partial charge on any atom is 0.135 e. The van der Waals surface area contributed by atoms with E-state index in [-0.39, 0.29) is 0 Å². The molecular weight excluding hydrogens is 1260 g/mol. The molecule has 0 atom stereocenters. The number of hydrogen-bond acceptors (Lipinski definition) is 12. The first-order valence-corrected chi connectivity index (χ1v) is 35.4. The molecule has 99 heavy (non-hydrogen) atoms. The average molecular weight is 1370 g/mol. The van der Waals surface area contributed by atoms with Crippen LogP contribution >= 0.6 is 11.6 Å². The van der Waals surface area contributed by atoms with Crippen molar-refractivity contribution in [1.29, 1.82) is 5.26 Å². The number of nitrogens with one attached hydrogen (secondary N) is 5. The number of H-pyrrole nitrogens is 5. The summed E-state index contributed by atoms with van der Waals surface area (Å²) in [6.07, 6.45) is 17.2. The van der Waals surface area contributed by atoms with Crippen molar-refractivity contribution in [2.45, 2.75) is 138 Å². The highest BCUT2D eigenvalue weighted by atomic mass is 35.5. The average Bonchev–Trinajstić information content (AvgIpc) is 1.81. The van der Waals surface area contributed by atoms with E-state index in [1.807, 2.05) is 80.4 Å². The molecule has 1 saturated heterocycles. The predicted molar refractivity (Wildman–Crippen MR) is 400 cm³/mol. The van der Waals surface area contributed by atoms with Crippen LogP contribution in [0.2, 0.25) is 5.02 Å². The molecule has 0 aliphatic carbocycles. The zero-order valence-electron chi connectivity index (χ0n) is 60.4. The Balaban J connectivity index is 0.000000174. The lowest BCUT2D eigenvalue weighted by molar-refractivity contribution is 0.0853. The number of nitriles is 1. The molecule has 1 aliphatic rings. The second kappa shape index (κ2) is 41.2. The third-order valence-electron chi connectivity index (χ3n) is 17.2. The first-order chi connectivity index (χ1) is 47.9. The van der Waals surface area contributed by atoms with Crippen molar-refractivity contribution in [3.8, 4) is 62.0 Å². The number of hydrogen-bond donors (Lipinski definition) is 5. The second-order valence-corrected chi connectivity index (χ2v) is 26.6. The van der Waals surface area contributed by atoms with Gasteiger partial charge in [0.05, 0.1) is 71.1 Å². The quantitative estimate of drug-likeness (QED) is 0.0328. The van der Waals surface area contributed by atoms with Gasteiger partial charge in [-0.3, -0.25) is 25.5 Å². The van der Waals surface area contributed by atoms with Crippen LogP contribution in [0.4, 0.5) is 8.78 Å². The van der Waals surface area contributed by atoms with Crippen molar-refractivity contribution in [2.24, 2.45) is 0 Å². The number of rotatable bonds is 27. The largest absolute Gasteiger partial charge is 0.381 e. The number of ether oxygens (including phenoxy) is 1. The number of aromatic nitrogens is 10. The third-order valence-corrected chi connectivity index (χ3v) is 17.5. The van der Waals surface area contributed by atoms with Crippen LogP contribution in [0.15, 0.2) is 146 Å². The van der Waals surface area contributed by atoms with Gasteiger partial charge in [0.2, 0.25) is 0 Å². The van der Waals surface area contributed by atoms with E-state index in [4.69, 9.17) is 21.6 Å². The summed E-state index contributed by atoms with van der Waals surface area (Å²) in [5.41, 5.74) is 19.4. The molecule has 17 nitrogen and oxygen atoms in total. The molecule has 0 amide bonds. The summed E-state index contributed by atoms with van der Waals surface area (Å²) < 4.78 is 32.2. The van der Waals surface area contributed by atoms with E-state index in [2.05, 4.69) is 207 Å². The van der Waals surface area contributed by atoms with E-state index in [0.29, 0.717) is 35.2 Å². The van der Waals surface area contributed by atoms with Gasteiger partial charge in [-0.1, -0.05) is 133 Å². The van der Waals surface area contributed by atoms with Gasteiger partial charge in [0.25, 0.3) is 0 Å². The van der Waals surface area contributed by atoms with Gasteiger partial charge >= 0.3 is 0 Å². The minimum absolute atomic E-state index is 0.346. The number of halogens is 3. The van der Waals surface area contributed by atoms with E-state index < -0.39 is 11.6 Å². The summed E-state index contributed by atoms with van der Waals surface area (Å²) in [4.78, 5) is 11.3.